The molecule has 88 valence electrons. The summed E-state index contributed by atoms with van der Waals surface area (Å²) in [6.07, 6.45) is -7.96. The first kappa shape index (κ1) is 12.9. The molecule has 0 aromatic heterocycles. The normalized spacial score (nSPS) is 12.0. The SMILES string of the molecule is OB(O)c1ccc(C(F)(F)F)cc1C(F)F. The first-order valence-electron chi connectivity index (χ1n) is 4.09. The number of rotatable bonds is 2. The van der Waals surface area contributed by atoms with Crippen molar-refractivity contribution in [2.24, 2.45) is 0 Å². The van der Waals surface area contributed by atoms with Crippen LogP contribution in [0.2, 0.25) is 0 Å². The van der Waals surface area contributed by atoms with Crippen molar-refractivity contribution in [3.8, 4) is 0 Å². The van der Waals surface area contributed by atoms with Gasteiger partial charge in [0, 0.05) is 5.56 Å². The fourth-order valence-corrected chi connectivity index (χ4v) is 1.18. The highest BCUT2D eigenvalue weighted by molar-refractivity contribution is 6.59. The van der Waals surface area contributed by atoms with Crippen molar-refractivity contribution in [3.63, 3.8) is 0 Å². The van der Waals surface area contributed by atoms with E-state index in [-0.39, 0.29) is 6.07 Å². The van der Waals surface area contributed by atoms with Gasteiger partial charge in [0.2, 0.25) is 0 Å². The second-order valence-corrected chi connectivity index (χ2v) is 3.02. The molecular formula is C8H6BF5O2. The van der Waals surface area contributed by atoms with Crippen molar-refractivity contribution in [2.45, 2.75) is 12.6 Å². The van der Waals surface area contributed by atoms with Gasteiger partial charge in [0.05, 0.1) is 5.56 Å². The second kappa shape index (κ2) is 4.38. The van der Waals surface area contributed by atoms with Crippen LogP contribution in [0.3, 0.4) is 0 Å². The molecule has 0 saturated heterocycles. The third-order valence-electron chi connectivity index (χ3n) is 1.93. The summed E-state index contributed by atoms with van der Waals surface area (Å²) in [6, 6.07) is 1.34. The minimum absolute atomic E-state index is 0.208. The monoisotopic (exact) mass is 240 g/mol. The van der Waals surface area contributed by atoms with Crippen LogP contribution in [0.15, 0.2) is 18.2 Å². The summed E-state index contributed by atoms with van der Waals surface area (Å²) in [6.45, 7) is 0. The van der Waals surface area contributed by atoms with Crippen LogP contribution in [-0.4, -0.2) is 17.2 Å². The standard InChI is InChI=1S/C8H6BF5O2/c10-7(11)5-3-4(8(12,13)14)1-2-6(5)9(15)16/h1-3,7,15-16H. The molecule has 0 aliphatic heterocycles. The fourth-order valence-electron chi connectivity index (χ4n) is 1.18. The zero-order chi connectivity index (χ0) is 12.5. The molecule has 8 heteroatoms. The summed E-state index contributed by atoms with van der Waals surface area (Å²) in [5.74, 6) is 0. The molecule has 0 amide bonds. The maximum Gasteiger partial charge on any atom is 0.488 e. The summed E-state index contributed by atoms with van der Waals surface area (Å²) in [7, 11) is -2.23. The van der Waals surface area contributed by atoms with Crippen LogP contribution >= 0.6 is 0 Å². The lowest BCUT2D eigenvalue weighted by Crippen LogP contribution is -2.33. The number of alkyl halides is 5. The summed E-state index contributed by atoms with van der Waals surface area (Å²) in [5, 5.41) is 17.4. The number of hydrogen-bond acceptors (Lipinski definition) is 2. The van der Waals surface area contributed by atoms with Crippen LogP contribution in [0, 0.1) is 0 Å². The zero-order valence-electron chi connectivity index (χ0n) is 7.67. The van der Waals surface area contributed by atoms with Crippen molar-refractivity contribution in [1.82, 2.24) is 0 Å². The first-order chi connectivity index (χ1) is 7.23. The van der Waals surface area contributed by atoms with Gasteiger partial charge in [-0.3, -0.25) is 0 Å². The molecule has 1 aromatic rings. The first-order valence-corrected chi connectivity index (χ1v) is 4.09. The Hall–Kier alpha value is -1.15. The molecule has 1 rings (SSSR count). The Labute approximate surface area is 87.5 Å². The van der Waals surface area contributed by atoms with E-state index in [1.165, 1.54) is 0 Å². The third kappa shape index (κ3) is 2.70. The van der Waals surface area contributed by atoms with E-state index < -0.39 is 36.3 Å². The predicted octanol–water partition coefficient (Wildman–Crippen LogP) is 1.32. The molecular weight excluding hydrogens is 234 g/mol. The Morgan fingerprint density at radius 2 is 1.69 bits per heavy atom. The lowest BCUT2D eigenvalue weighted by Gasteiger charge is -2.12. The Kier molecular flexibility index (Phi) is 3.54. The average molecular weight is 240 g/mol. The third-order valence-corrected chi connectivity index (χ3v) is 1.93. The quantitative estimate of drug-likeness (QED) is 0.604. The van der Waals surface area contributed by atoms with E-state index >= 15 is 0 Å². The van der Waals surface area contributed by atoms with Crippen molar-refractivity contribution in [2.75, 3.05) is 0 Å². The molecule has 0 bridgehead atoms. The van der Waals surface area contributed by atoms with Gasteiger partial charge in [-0.15, -0.1) is 0 Å². The van der Waals surface area contributed by atoms with E-state index in [0.717, 1.165) is 0 Å². The van der Waals surface area contributed by atoms with E-state index in [9.17, 15) is 22.0 Å². The molecule has 0 aliphatic rings. The lowest BCUT2D eigenvalue weighted by molar-refractivity contribution is -0.137. The van der Waals surface area contributed by atoms with Crippen LogP contribution in [0.4, 0.5) is 22.0 Å². The molecule has 2 nitrogen and oxygen atoms in total. The molecule has 0 unspecified atom stereocenters. The summed E-state index contributed by atoms with van der Waals surface area (Å²) in [5.41, 5.74) is -2.93. The van der Waals surface area contributed by atoms with Crippen LogP contribution in [0.1, 0.15) is 17.6 Å². The van der Waals surface area contributed by atoms with Crippen molar-refractivity contribution in [3.05, 3.63) is 29.3 Å². The fraction of sp³-hybridized carbons (Fsp3) is 0.250. The maximum atomic E-state index is 12.4. The lowest BCUT2D eigenvalue weighted by atomic mass is 9.76. The molecule has 0 atom stereocenters. The maximum absolute atomic E-state index is 12.4. The van der Waals surface area contributed by atoms with Crippen molar-refractivity contribution in [1.29, 1.82) is 0 Å². The zero-order valence-corrected chi connectivity index (χ0v) is 7.67. The predicted molar refractivity (Wildman–Crippen MR) is 46.2 cm³/mol. The minimum Gasteiger partial charge on any atom is -0.423 e. The summed E-state index contributed by atoms with van der Waals surface area (Å²) >= 11 is 0. The van der Waals surface area contributed by atoms with Crippen LogP contribution in [0.25, 0.3) is 0 Å². The Morgan fingerprint density at radius 1 is 1.12 bits per heavy atom. The van der Waals surface area contributed by atoms with Gasteiger partial charge in [0.15, 0.2) is 0 Å². The van der Waals surface area contributed by atoms with Gasteiger partial charge >= 0.3 is 13.3 Å². The van der Waals surface area contributed by atoms with E-state index in [0.29, 0.717) is 12.1 Å². The van der Waals surface area contributed by atoms with Crippen LogP contribution in [-0.2, 0) is 6.18 Å². The van der Waals surface area contributed by atoms with Crippen LogP contribution < -0.4 is 5.46 Å². The van der Waals surface area contributed by atoms with Crippen molar-refractivity contribution < 1.29 is 32.0 Å². The summed E-state index contributed by atoms with van der Waals surface area (Å²) < 4.78 is 61.3. The molecule has 16 heavy (non-hydrogen) atoms. The van der Waals surface area contributed by atoms with Gasteiger partial charge < -0.3 is 10.0 Å². The number of halogens is 5. The van der Waals surface area contributed by atoms with Gasteiger partial charge in [0.25, 0.3) is 6.43 Å². The van der Waals surface area contributed by atoms with Gasteiger partial charge in [0.1, 0.15) is 0 Å². The largest absolute Gasteiger partial charge is 0.488 e. The van der Waals surface area contributed by atoms with Gasteiger partial charge in [-0.2, -0.15) is 13.2 Å². The smallest absolute Gasteiger partial charge is 0.423 e. The second-order valence-electron chi connectivity index (χ2n) is 3.02. The average Bonchev–Trinajstić information content (AvgIpc) is 2.15. The molecule has 0 aliphatic carbocycles. The Balaban J connectivity index is 3.29. The molecule has 0 spiro atoms. The number of benzene rings is 1. The van der Waals surface area contributed by atoms with Gasteiger partial charge in [-0.1, -0.05) is 12.1 Å². The van der Waals surface area contributed by atoms with E-state index in [1.807, 2.05) is 0 Å². The van der Waals surface area contributed by atoms with E-state index in [2.05, 4.69) is 0 Å². The van der Waals surface area contributed by atoms with Crippen LogP contribution in [0.5, 0.6) is 0 Å². The highest BCUT2D eigenvalue weighted by Crippen LogP contribution is 2.31. The Bertz CT molecular complexity index is 377. The topological polar surface area (TPSA) is 40.5 Å². The number of hydrogen-bond donors (Lipinski definition) is 2. The van der Waals surface area contributed by atoms with Crippen molar-refractivity contribution >= 4 is 12.6 Å². The van der Waals surface area contributed by atoms with Gasteiger partial charge in [-0.05, 0) is 11.5 Å². The molecule has 1 aromatic carbocycles. The minimum atomic E-state index is -4.75. The van der Waals surface area contributed by atoms with E-state index in [4.69, 9.17) is 10.0 Å². The molecule has 0 fully saturated rings. The Morgan fingerprint density at radius 3 is 2.06 bits per heavy atom. The summed E-state index contributed by atoms with van der Waals surface area (Å²) in [4.78, 5) is 0. The molecule has 2 N–H and O–H groups in total. The molecule has 0 radical (unpaired) electrons. The highest BCUT2D eigenvalue weighted by atomic mass is 19.4. The van der Waals surface area contributed by atoms with E-state index in [1.54, 1.807) is 0 Å². The molecule has 0 heterocycles. The molecule has 0 saturated carbocycles. The highest BCUT2D eigenvalue weighted by Gasteiger charge is 2.33. The van der Waals surface area contributed by atoms with Gasteiger partial charge in [-0.25, -0.2) is 8.78 Å².